The van der Waals surface area contributed by atoms with Crippen molar-refractivity contribution >= 4 is 17.8 Å². The maximum absolute atomic E-state index is 5.55. The Labute approximate surface area is 203 Å². The summed E-state index contributed by atoms with van der Waals surface area (Å²) >= 11 is 0. The van der Waals surface area contributed by atoms with Crippen LogP contribution in [-0.4, -0.2) is 66.2 Å². The Hall–Kier alpha value is -3.74. The van der Waals surface area contributed by atoms with Crippen molar-refractivity contribution in [3.05, 3.63) is 53.9 Å². The zero-order valence-corrected chi connectivity index (χ0v) is 19.4. The van der Waals surface area contributed by atoms with Gasteiger partial charge in [-0.25, -0.2) is 0 Å². The zero-order chi connectivity index (χ0) is 24.1. The molecule has 0 fully saturated rings. The van der Waals surface area contributed by atoms with Gasteiger partial charge >= 0.3 is 0 Å². The van der Waals surface area contributed by atoms with Crippen molar-refractivity contribution in [1.29, 1.82) is 0 Å². The van der Waals surface area contributed by atoms with Gasteiger partial charge in [-0.15, -0.1) is 0 Å². The molecule has 0 unspecified atom stereocenters. The fourth-order valence-corrected chi connectivity index (χ4v) is 3.16. The lowest BCUT2D eigenvalue weighted by Gasteiger charge is -2.12. The molecule has 5 N–H and O–H groups in total. The maximum atomic E-state index is 5.55. The third-order valence-corrected chi connectivity index (χ3v) is 4.84. The van der Waals surface area contributed by atoms with Crippen LogP contribution in [0.15, 0.2) is 42.6 Å². The number of nitrogens with zero attached hydrogens (tertiary/aromatic N) is 4. The van der Waals surface area contributed by atoms with Gasteiger partial charge in [0.1, 0.15) is 0 Å². The fraction of sp³-hybridized carbons (Fsp3) is 0.391. The Morgan fingerprint density at radius 1 is 0.800 bits per heavy atom. The molecule has 0 saturated carbocycles. The first kappa shape index (κ1) is 24.4. The summed E-state index contributed by atoms with van der Waals surface area (Å²) in [7, 11) is 0. The van der Waals surface area contributed by atoms with E-state index in [2.05, 4.69) is 35.9 Å². The maximum Gasteiger partial charge on any atom is 0.231 e. The molecule has 1 aliphatic heterocycles. The Bertz CT molecular complexity index is 1060. The van der Waals surface area contributed by atoms with Crippen molar-refractivity contribution in [3.63, 3.8) is 0 Å². The van der Waals surface area contributed by atoms with Crippen LogP contribution >= 0.6 is 0 Å². The number of nitrogens with two attached hydrogens (primary N) is 1. The highest BCUT2D eigenvalue weighted by molar-refractivity contribution is 5.46. The minimum absolute atomic E-state index is 0.241. The number of benzene rings is 1. The molecule has 0 aliphatic carbocycles. The molecule has 12 nitrogen and oxygen atoms in total. The Kier molecular flexibility index (Phi) is 9.21. The molecular formula is C23H30N8O4. The number of hydrogen-bond donors (Lipinski definition) is 4. The van der Waals surface area contributed by atoms with E-state index in [9.17, 15) is 0 Å². The summed E-state index contributed by atoms with van der Waals surface area (Å²) in [6.07, 6.45) is 1.75. The molecule has 0 radical (unpaired) electrons. The topological polar surface area (TPSA) is 151 Å². The van der Waals surface area contributed by atoms with Gasteiger partial charge in [0.2, 0.25) is 24.6 Å². The lowest BCUT2D eigenvalue weighted by atomic mass is 10.2. The summed E-state index contributed by atoms with van der Waals surface area (Å²) in [6.45, 7) is 4.28. The monoisotopic (exact) mass is 482 g/mol. The van der Waals surface area contributed by atoms with Gasteiger partial charge in [-0.05, 0) is 29.8 Å². The third-order valence-electron chi connectivity index (χ3n) is 4.84. The summed E-state index contributed by atoms with van der Waals surface area (Å²) in [5.74, 6) is 2.76. The molecule has 35 heavy (non-hydrogen) atoms. The molecule has 1 aliphatic rings. The highest BCUT2D eigenvalue weighted by atomic mass is 16.7. The zero-order valence-electron chi connectivity index (χ0n) is 19.4. The van der Waals surface area contributed by atoms with Gasteiger partial charge in [0.05, 0.1) is 38.7 Å². The Morgan fingerprint density at radius 3 is 2.31 bits per heavy atom. The molecule has 0 spiro atoms. The fourth-order valence-electron chi connectivity index (χ4n) is 3.16. The predicted octanol–water partition coefficient (Wildman–Crippen LogP) is 1.62. The van der Waals surface area contributed by atoms with Crippen LogP contribution in [0.5, 0.6) is 11.5 Å². The molecule has 4 rings (SSSR count). The summed E-state index contributed by atoms with van der Waals surface area (Å²) < 4.78 is 21.7. The van der Waals surface area contributed by atoms with Crippen LogP contribution in [0.25, 0.3) is 0 Å². The van der Waals surface area contributed by atoms with Gasteiger partial charge in [0.25, 0.3) is 0 Å². The number of anilines is 3. The lowest BCUT2D eigenvalue weighted by Crippen LogP contribution is -2.17. The molecule has 12 heteroatoms. The number of pyridine rings is 1. The van der Waals surface area contributed by atoms with E-state index in [-0.39, 0.29) is 6.79 Å². The standard InChI is InChI=1S/C23H30N8O4/c24-6-9-32-11-12-33-10-8-26-21-29-22(27-14-17-4-5-19-20(13-17)35-16-34-19)31-23(30-21)28-15-18-3-1-2-7-25-18/h1-5,7,13H,6,8-12,14-16,24H2,(H3,26,27,28,29,30,31). The smallest absolute Gasteiger partial charge is 0.231 e. The predicted molar refractivity (Wildman–Crippen MR) is 130 cm³/mol. The van der Waals surface area contributed by atoms with E-state index >= 15 is 0 Å². The van der Waals surface area contributed by atoms with Crippen molar-refractivity contribution in [2.45, 2.75) is 13.1 Å². The molecule has 0 atom stereocenters. The quantitative estimate of drug-likeness (QED) is 0.233. The van der Waals surface area contributed by atoms with Crippen LogP contribution in [0, 0.1) is 0 Å². The average Bonchev–Trinajstić information content (AvgIpc) is 3.36. The van der Waals surface area contributed by atoms with Crippen LogP contribution in [-0.2, 0) is 22.6 Å². The van der Waals surface area contributed by atoms with Crippen molar-refractivity contribution < 1.29 is 18.9 Å². The summed E-state index contributed by atoms with van der Waals surface area (Å²) in [6, 6.07) is 11.5. The summed E-state index contributed by atoms with van der Waals surface area (Å²) in [5.41, 5.74) is 7.28. The number of rotatable bonds is 15. The van der Waals surface area contributed by atoms with Crippen LogP contribution in [0.1, 0.15) is 11.3 Å². The molecule has 1 aromatic carbocycles. The van der Waals surface area contributed by atoms with Gasteiger partial charge < -0.3 is 40.6 Å². The van der Waals surface area contributed by atoms with Crippen LogP contribution in [0.4, 0.5) is 17.8 Å². The van der Waals surface area contributed by atoms with Crippen LogP contribution in [0.2, 0.25) is 0 Å². The van der Waals surface area contributed by atoms with Gasteiger partial charge in [0.15, 0.2) is 11.5 Å². The average molecular weight is 483 g/mol. The molecule has 186 valence electrons. The first-order valence-electron chi connectivity index (χ1n) is 11.4. The van der Waals surface area contributed by atoms with E-state index in [0.717, 1.165) is 22.8 Å². The van der Waals surface area contributed by atoms with Gasteiger partial charge in [-0.2, -0.15) is 15.0 Å². The normalized spacial score (nSPS) is 11.9. The summed E-state index contributed by atoms with van der Waals surface area (Å²) in [4.78, 5) is 17.8. The van der Waals surface area contributed by atoms with E-state index in [1.54, 1.807) is 6.20 Å². The molecular weight excluding hydrogens is 452 g/mol. The highest BCUT2D eigenvalue weighted by Crippen LogP contribution is 2.32. The third kappa shape index (κ3) is 7.91. The second kappa shape index (κ2) is 13.2. The van der Waals surface area contributed by atoms with Crippen LogP contribution < -0.4 is 31.2 Å². The van der Waals surface area contributed by atoms with E-state index in [1.807, 2.05) is 36.4 Å². The minimum Gasteiger partial charge on any atom is -0.454 e. The molecule has 0 saturated heterocycles. The first-order valence-corrected chi connectivity index (χ1v) is 11.4. The molecule has 0 bridgehead atoms. The Balaban J connectivity index is 1.34. The largest absolute Gasteiger partial charge is 0.454 e. The number of nitrogens with one attached hydrogen (secondary N) is 3. The van der Waals surface area contributed by atoms with E-state index in [0.29, 0.717) is 70.5 Å². The van der Waals surface area contributed by atoms with Crippen molar-refractivity contribution in [1.82, 2.24) is 19.9 Å². The van der Waals surface area contributed by atoms with Gasteiger partial charge in [-0.1, -0.05) is 12.1 Å². The molecule has 3 heterocycles. The second-order valence-electron chi connectivity index (χ2n) is 7.46. The highest BCUT2D eigenvalue weighted by Gasteiger charge is 2.13. The van der Waals surface area contributed by atoms with Gasteiger partial charge in [0, 0.05) is 25.8 Å². The van der Waals surface area contributed by atoms with Crippen molar-refractivity contribution in [2.75, 3.05) is 62.3 Å². The molecule has 0 amide bonds. The summed E-state index contributed by atoms with van der Waals surface area (Å²) in [5, 5.41) is 9.63. The number of aromatic nitrogens is 4. The van der Waals surface area contributed by atoms with Crippen molar-refractivity contribution in [2.24, 2.45) is 5.73 Å². The van der Waals surface area contributed by atoms with Crippen LogP contribution in [0.3, 0.4) is 0 Å². The second-order valence-corrected chi connectivity index (χ2v) is 7.46. The van der Waals surface area contributed by atoms with E-state index < -0.39 is 0 Å². The molecule has 3 aromatic rings. The first-order chi connectivity index (χ1) is 17.3. The van der Waals surface area contributed by atoms with Gasteiger partial charge in [-0.3, -0.25) is 4.98 Å². The van der Waals surface area contributed by atoms with E-state index in [1.165, 1.54) is 0 Å². The number of ether oxygens (including phenoxy) is 4. The molecule has 2 aromatic heterocycles. The SMILES string of the molecule is NCCOCCOCCNc1nc(NCc2ccc3c(c2)OCO3)nc(NCc2ccccn2)n1. The van der Waals surface area contributed by atoms with Crippen molar-refractivity contribution in [3.8, 4) is 11.5 Å². The minimum atomic E-state index is 0.241. The van der Waals surface area contributed by atoms with E-state index in [4.69, 9.17) is 24.7 Å². The lowest BCUT2D eigenvalue weighted by molar-refractivity contribution is 0.0547. The number of hydrogen-bond acceptors (Lipinski definition) is 12. The number of fused-ring (bicyclic) bond motifs is 1. The Morgan fingerprint density at radius 2 is 1.54 bits per heavy atom.